The molecule has 2 aromatic carbocycles. The minimum atomic E-state index is -0.261. The van der Waals surface area contributed by atoms with Crippen LogP contribution in [-0.4, -0.2) is 29.1 Å². The number of phenolic OH excluding ortho intramolecular Hbond substituents is 1. The second-order valence-electron chi connectivity index (χ2n) is 4.97. The van der Waals surface area contributed by atoms with Crippen LogP contribution in [0.5, 0.6) is 11.5 Å². The lowest BCUT2D eigenvalue weighted by molar-refractivity contribution is -0.120. The summed E-state index contributed by atoms with van der Waals surface area (Å²) in [4.78, 5) is 13.1. The first kappa shape index (κ1) is 17.9. The SMILES string of the molecule is CCOc1cc(C=NNC(=O)[C@H](C)Sc2ccccc2)ccc1O. The maximum absolute atomic E-state index is 12.1. The van der Waals surface area contributed by atoms with E-state index in [9.17, 15) is 9.90 Å². The molecule has 2 N–H and O–H groups in total. The van der Waals surface area contributed by atoms with Crippen molar-refractivity contribution in [2.45, 2.75) is 24.0 Å². The highest BCUT2D eigenvalue weighted by molar-refractivity contribution is 8.00. The molecular formula is C18H20N2O3S. The lowest BCUT2D eigenvalue weighted by atomic mass is 10.2. The Bertz CT molecular complexity index is 705. The maximum Gasteiger partial charge on any atom is 0.253 e. The average molecular weight is 344 g/mol. The monoisotopic (exact) mass is 344 g/mol. The summed E-state index contributed by atoms with van der Waals surface area (Å²) in [5, 5.41) is 13.3. The van der Waals surface area contributed by atoms with Crippen molar-refractivity contribution in [3.8, 4) is 11.5 Å². The molecule has 0 aliphatic carbocycles. The molecule has 24 heavy (non-hydrogen) atoms. The molecule has 0 bridgehead atoms. The van der Waals surface area contributed by atoms with Crippen molar-refractivity contribution >= 4 is 23.9 Å². The van der Waals surface area contributed by atoms with Crippen LogP contribution in [0.15, 0.2) is 58.5 Å². The molecule has 0 aliphatic rings. The van der Waals surface area contributed by atoms with Crippen molar-refractivity contribution in [3.63, 3.8) is 0 Å². The Hall–Kier alpha value is -2.47. The molecule has 126 valence electrons. The van der Waals surface area contributed by atoms with Gasteiger partial charge in [0.2, 0.25) is 0 Å². The number of carbonyl (C=O) groups excluding carboxylic acids is 1. The van der Waals surface area contributed by atoms with Gasteiger partial charge in [0.25, 0.3) is 5.91 Å². The van der Waals surface area contributed by atoms with Gasteiger partial charge in [-0.3, -0.25) is 4.79 Å². The molecule has 0 radical (unpaired) electrons. The largest absolute Gasteiger partial charge is 0.504 e. The molecule has 0 fully saturated rings. The number of hydrazone groups is 1. The van der Waals surface area contributed by atoms with Crippen molar-refractivity contribution < 1.29 is 14.6 Å². The summed E-state index contributed by atoms with van der Waals surface area (Å²) >= 11 is 1.47. The summed E-state index contributed by atoms with van der Waals surface area (Å²) in [6.07, 6.45) is 1.51. The van der Waals surface area contributed by atoms with Crippen LogP contribution in [0.25, 0.3) is 0 Å². The number of nitrogens with zero attached hydrogens (tertiary/aromatic N) is 1. The van der Waals surface area contributed by atoms with Gasteiger partial charge in [0.1, 0.15) is 0 Å². The van der Waals surface area contributed by atoms with Crippen LogP contribution >= 0.6 is 11.8 Å². The van der Waals surface area contributed by atoms with Gasteiger partial charge in [-0.2, -0.15) is 5.10 Å². The topological polar surface area (TPSA) is 70.9 Å². The molecule has 6 heteroatoms. The van der Waals surface area contributed by atoms with Crippen molar-refractivity contribution in [2.24, 2.45) is 5.10 Å². The molecule has 2 aromatic rings. The lowest BCUT2D eigenvalue weighted by Gasteiger charge is -2.09. The van der Waals surface area contributed by atoms with Crippen LogP contribution in [0, 0.1) is 0 Å². The van der Waals surface area contributed by atoms with E-state index in [1.165, 1.54) is 24.0 Å². The van der Waals surface area contributed by atoms with Crippen LogP contribution in [-0.2, 0) is 4.79 Å². The summed E-state index contributed by atoms with van der Waals surface area (Å²) < 4.78 is 5.31. The molecule has 1 atom stereocenters. The second kappa shape index (κ2) is 8.98. The molecule has 0 aromatic heterocycles. The number of hydrogen-bond donors (Lipinski definition) is 2. The Balaban J connectivity index is 1.91. The van der Waals surface area contributed by atoms with E-state index in [2.05, 4.69) is 10.5 Å². The smallest absolute Gasteiger partial charge is 0.253 e. The van der Waals surface area contributed by atoms with Gasteiger partial charge in [0.15, 0.2) is 11.5 Å². The number of nitrogens with one attached hydrogen (secondary N) is 1. The van der Waals surface area contributed by atoms with Crippen LogP contribution < -0.4 is 10.2 Å². The minimum Gasteiger partial charge on any atom is -0.504 e. The number of ether oxygens (including phenoxy) is 1. The summed E-state index contributed by atoms with van der Waals surface area (Å²) in [5.74, 6) is 0.288. The Morgan fingerprint density at radius 1 is 1.33 bits per heavy atom. The van der Waals surface area contributed by atoms with E-state index in [1.54, 1.807) is 12.1 Å². The van der Waals surface area contributed by atoms with Gasteiger partial charge < -0.3 is 9.84 Å². The Morgan fingerprint density at radius 2 is 2.08 bits per heavy atom. The van der Waals surface area contributed by atoms with Crippen LogP contribution in [0.3, 0.4) is 0 Å². The maximum atomic E-state index is 12.1. The Morgan fingerprint density at radius 3 is 2.79 bits per heavy atom. The fourth-order valence-corrected chi connectivity index (χ4v) is 2.78. The number of carbonyl (C=O) groups is 1. The molecule has 2 rings (SSSR count). The first-order valence-electron chi connectivity index (χ1n) is 7.60. The first-order valence-corrected chi connectivity index (χ1v) is 8.48. The fourth-order valence-electron chi connectivity index (χ4n) is 1.90. The van der Waals surface area contributed by atoms with Crippen LogP contribution in [0.1, 0.15) is 19.4 Å². The zero-order valence-corrected chi connectivity index (χ0v) is 14.4. The number of aromatic hydroxyl groups is 1. The van der Waals surface area contributed by atoms with E-state index in [1.807, 2.05) is 44.2 Å². The highest BCUT2D eigenvalue weighted by Crippen LogP contribution is 2.26. The molecule has 1 amide bonds. The normalized spacial score (nSPS) is 12.1. The number of hydrogen-bond acceptors (Lipinski definition) is 5. The summed E-state index contributed by atoms with van der Waals surface area (Å²) in [5.41, 5.74) is 3.25. The van der Waals surface area contributed by atoms with E-state index < -0.39 is 0 Å². The van der Waals surface area contributed by atoms with E-state index in [0.29, 0.717) is 12.4 Å². The number of rotatable bonds is 7. The molecule has 0 unspecified atom stereocenters. The predicted molar refractivity (Wildman–Crippen MR) is 96.8 cm³/mol. The highest BCUT2D eigenvalue weighted by Gasteiger charge is 2.13. The van der Waals surface area contributed by atoms with E-state index in [-0.39, 0.29) is 16.9 Å². The van der Waals surface area contributed by atoms with Crippen LogP contribution in [0.2, 0.25) is 0 Å². The van der Waals surface area contributed by atoms with Crippen molar-refractivity contribution in [2.75, 3.05) is 6.61 Å². The first-order chi connectivity index (χ1) is 11.6. The molecule has 0 aliphatic heterocycles. The number of thioether (sulfide) groups is 1. The third-order valence-electron chi connectivity index (χ3n) is 3.10. The summed E-state index contributed by atoms with van der Waals surface area (Å²) in [7, 11) is 0. The van der Waals surface area contributed by atoms with E-state index >= 15 is 0 Å². The number of phenols is 1. The lowest BCUT2D eigenvalue weighted by Crippen LogP contribution is -2.26. The number of benzene rings is 2. The van der Waals surface area contributed by atoms with Gasteiger partial charge in [0, 0.05) is 4.90 Å². The van der Waals surface area contributed by atoms with Gasteiger partial charge in [-0.25, -0.2) is 5.43 Å². The van der Waals surface area contributed by atoms with Crippen molar-refractivity contribution in [1.29, 1.82) is 0 Å². The van der Waals surface area contributed by atoms with Crippen LogP contribution in [0.4, 0.5) is 0 Å². The van der Waals surface area contributed by atoms with Gasteiger partial charge in [0.05, 0.1) is 18.1 Å². The summed E-state index contributed by atoms with van der Waals surface area (Å²) in [6, 6.07) is 14.6. The summed E-state index contributed by atoms with van der Waals surface area (Å²) in [6.45, 7) is 4.13. The zero-order chi connectivity index (χ0) is 17.4. The van der Waals surface area contributed by atoms with Gasteiger partial charge in [-0.1, -0.05) is 18.2 Å². The Kier molecular flexibility index (Phi) is 6.69. The van der Waals surface area contributed by atoms with E-state index in [0.717, 1.165) is 10.5 Å². The predicted octanol–water partition coefficient (Wildman–Crippen LogP) is 3.42. The molecule has 0 heterocycles. The molecule has 0 saturated heterocycles. The van der Waals surface area contributed by atoms with Crippen molar-refractivity contribution in [1.82, 2.24) is 5.43 Å². The second-order valence-corrected chi connectivity index (χ2v) is 6.38. The highest BCUT2D eigenvalue weighted by atomic mass is 32.2. The molecule has 0 spiro atoms. The van der Waals surface area contributed by atoms with Gasteiger partial charge >= 0.3 is 0 Å². The average Bonchev–Trinajstić information content (AvgIpc) is 2.58. The Labute approximate surface area is 145 Å². The zero-order valence-electron chi connectivity index (χ0n) is 13.6. The molecule has 0 saturated carbocycles. The van der Waals surface area contributed by atoms with E-state index in [4.69, 9.17) is 4.74 Å². The standard InChI is InChI=1S/C18H20N2O3S/c1-3-23-17-11-14(9-10-16(17)21)12-19-20-18(22)13(2)24-15-7-5-4-6-8-15/h4-13,21H,3H2,1-2H3,(H,20,22)/t13-/m0/s1. The quantitative estimate of drug-likeness (QED) is 0.459. The van der Waals surface area contributed by atoms with Crippen molar-refractivity contribution in [3.05, 3.63) is 54.1 Å². The molecule has 5 nitrogen and oxygen atoms in total. The third kappa shape index (κ3) is 5.31. The fraction of sp³-hybridized carbons (Fsp3) is 0.222. The van der Waals surface area contributed by atoms with Gasteiger partial charge in [-0.05, 0) is 49.7 Å². The number of amides is 1. The van der Waals surface area contributed by atoms with Gasteiger partial charge in [-0.15, -0.1) is 11.8 Å². The third-order valence-corrected chi connectivity index (χ3v) is 4.21. The molecular weight excluding hydrogens is 324 g/mol. The minimum absolute atomic E-state index is 0.0749.